The van der Waals surface area contributed by atoms with Crippen LogP contribution in [0.5, 0.6) is 0 Å². The summed E-state index contributed by atoms with van der Waals surface area (Å²) >= 11 is 0. The maximum Gasteiger partial charge on any atom is 0.0239 e. The van der Waals surface area contributed by atoms with E-state index in [4.69, 9.17) is 17.2 Å². The number of likely N-dealkylation sites (tertiary alicyclic amines) is 1. The van der Waals surface area contributed by atoms with Gasteiger partial charge in [0.1, 0.15) is 0 Å². The summed E-state index contributed by atoms with van der Waals surface area (Å²) in [6, 6.07) is 10.8. The lowest BCUT2D eigenvalue weighted by Crippen LogP contribution is -2.56. The van der Waals surface area contributed by atoms with Crippen LogP contribution in [0.4, 0.5) is 0 Å². The zero-order chi connectivity index (χ0) is 15.1. The van der Waals surface area contributed by atoms with Gasteiger partial charge in [-0.25, -0.2) is 0 Å². The molecule has 6 N–H and O–H groups in total. The summed E-state index contributed by atoms with van der Waals surface area (Å²) in [5.41, 5.74) is 19.2. The smallest absolute Gasteiger partial charge is 0.0239 e. The molecule has 1 fully saturated rings. The molecular formula is C17H30N4. The molecule has 1 heterocycles. The van der Waals surface area contributed by atoms with Crippen LogP contribution in [0, 0.1) is 0 Å². The summed E-state index contributed by atoms with van der Waals surface area (Å²) in [6.45, 7) is 4.16. The molecule has 0 aliphatic carbocycles. The molecule has 0 spiro atoms. The zero-order valence-corrected chi connectivity index (χ0v) is 13.0. The maximum absolute atomic E-state index is 5.92. The third kappa shape index (κ3) is 3.83. The van der Waals surface area contributed by atoms with Gasteiger partial charge in [0.25, 0.3) is 0 Å². The van der Waals surface area contributed by atoms with Crippen molar-refractivity contribution in [3.05, 3.63) is 35.9 Å². The first-order valence-corrected chi connectivity index (χ1v) is 8.16. The zero-order valence-electron chi connectivity index (χ0n) is 13.0. The third-order valence-corrected chi connectivity index (χ3v) is 4.93. The third-order valence-electron chi connectivity index (χ3n) is 4.93. The van der Waals surface area contributed by atoms with Crippen molar-refractivity contribution in [1.29, 1.82) is 0 Å². The Kier molecular flexibility index (Phi) is 6.18. The first kappa shape index (κ1) is 16.4. The van der Waals surface area contributed by atoms with Crippen LogP contribution in [0.15, 0.2) is 30.3 Å². The molecule has 1 aromatic rings. The molecule has 1 saturated heterocycles. The van der Waals surface area contributed by atoms with Crippen LogP contribution in [0.1, 0.15) is 37.2 Å². The van der Waals surface area contributed by atoms with E-state index in [2.05, 4.69) is 35.2 Å². The lowest BCUT2D eigenvalue weighted by atomic mass is 9.73. The summed E-state index contributed by atoms with van der Waals surface area (Å²) < 4.78 is 0. The van der Waals surface area contributed by atoms with E-state index in [-0.39, 0.29) is 5.54 Å². The van der Waals surface area contributed by atoms with Crippen LogP contribution < -0.4 is 17.2 Å². The average molecular weight is 290 g/mol. The molecule has 0 bridgehead atoms. The second kappa shape index (κ2) is 7.90. The SMILES string of the molecule is NCCN1CCC(c2ccccc2)CC1(CCN)CCN. The minimum Gasteiger partial charge on any atom is -0.330 e. The van der Waals surface area contributed by atoms with Crippen molar-refractivity contribution in [2.24, 2.45) is 17.2 Å². The maximum atomic E-state index is 5.92. The van der Waals surface area contributed by atoms with Crippen LogP contribution in [-0.2, 0) is 0 Å². The van der Waals surface area contributed by atoms with Crippen LogP contribution in [0.2, 0.25) is 0 Å². The predicted molar refractivity (Wildman–Crippen MR) is 89.1 cm³/mol. The lowest BCUT2D eigenvalue weighted by molar-refractivity contribution is 0.0277. The number of nitrogens with two attached hydrogens (primary N) is 3. The molecular weight excluding hydrogens is 260 g/mol. The van der Waals surface area contributed by atoms with Gasteiger partial charge in [-0.15, -0.1) is 0 Å². The second-order valence-corrected chi connectivity index (χ2v) is 6.18. The van der Waals surface area contributed by atoms with Gasteiger partial charge in [-0.2, -0.15) is 0 Å². The molecule has 0 aromatic heterocycles. The standard InChI is InChI=1S/C17H30N4/c18-9-7-17(8-10-19)14-16(6-12-21(17)13-11-20)15-4-2-1-3-5-15/h1-5,16H,6-14,18-20H2. The number of piperidine rings is 1. The van der Waals surface area contributed by atoms with Crippen LogP contribution in [-0.4, -0.2) is 43.2 Å². The monoisotopic (exact) mass is 290 g/mol. The lowest BCUT2D eigenvalue weighted by Gasteiger charge is -2.50. The Balaban J connectivity index is 2.21. The molecule has 1 atom stereocenters. The van der Waals surface area contributed by atoms with E-state index in [0.29, 0.717) is 25.6 Å². The summed E-state index contributed by atoms with van der Waals surface area (Å²) in [6.07, 6.45) is 4.35. The van der Waals surface area contributed by atoms with Gasteiger partial charge >= 0.3 is 0 Å². The van der Waals surface area contributed by atoms with Gasteiger partial charge in [0.05, 0.1) is 0 Å². The van der Waals surface area contributed by atoms with Gasteiger partial charge < -0.3 is 17.2 Å². The molecule has 0 amide bonds. The fourth-order valence-electron chi connectivity index (χ4n) is 3.94. The van der Waals surface area contributed by atoms with Gasteiger partial charge in [-0.1, -0.05) is 30.3 Å². The van der Waals surface area contributed by atoms with E-state index in [1.165, 1.54) is 12.0 Å². The minimum atomic E-state index is 0.127. The Morgan fingerprint density at radius 2 is 1.67 bits per heavy atom. The van der Waals surface area contributed by atoms with Crippen molar-refractivity contribution < 1.29 is 0 Å². The Morgan fingerprint density at radius 1 is 1.00 bits per heavy atom. The van der Waals surface area contributed by atoms with E-state index in [9.17, 15) is 0 Å². The first-order valence-electron chi connectivity index (χ1n) is 8.16. The first-order chi connectivity index (χ1) is 10.3. The molecule has 4 heteroatoms. The Bertz CT molecular complexity index is 401. The second-order valence-electron chi connectivity index (χ2n) is 6.18. The number of benzene rings is 1. The molecule has 1 unspecified atom stereocenters. The Labute approximate surface area is 128 Å². The molecule has 0 saturated carbocycles. The Hall–Kier alpha value is -0.940. The topological polar surface area (TPSA) is 81.3 Å². The summed E-state index contributed by atoms with van der Waals surface area (Å²) in [5.74, 6) is 0.610. The van der Waals surface area contributed by atoms with E-state index in [0.717, 1.165) is 32.4 Å². The van der Waals surface area contributed by atoms with E-state index < -0.39 is 0 Å². The van der Waals surface area contributed by atoms with Gasteiger partial charge in [0, 0.05) is 18.6 Å². The largest absolute Gasteiger partial charge is 0.330 e. The number of nitrogens with zero attached hydrogens (tertiary/aromatic N) is 1. The van der Waals surface area contributed by atoms with Gasteiger partial charge in [0.15, 0.2) is 0 Å². The van der Waals surface area contributed by atoms with Crippen LogP contribution in [0.3, 0.4) is 0 Å². The fraction of sp³-hybridized carbons (Fsp3) is 0.647. The highest BCUT2D eigenvalue weighted by molar-refractivity contribution is 5.21. The van der Waals surface area contributed by atoms with Crippen LogP contribution >= 0.6 is 0 Å². The van der Waals surface area contributed by atoms with Crippen molar-refractivity contribution in [1.82, 2.24) is 4.90 Å². The van der Waals surface area contributed by atoms with Gasteiger partial charge in [-0.05, 0) is 56.8 Å². The summed E-state index contributed by atoms with van der Waals surface area (Å²) in [7, 11) is 0. The van der Waals surface area contributed by atoms with Crippen molar-refractivity contribution in [3.8, 4) is 0 Å². The van der Waals surface area contributed by atoms with Crippen molar-refractivity contribution in [2.45, 2.75) is 37.1 Å². The highest BCUT2D eigenvalue weighted by Crippen LogP contribution is 2.41. The molecule has 1 aromatic carbocycles. The Morgan fingerprint density at radius 3 is 2.24 bits per heavy atom. The summed E-state index contributed by atoms with van der Waals surface area (Å²) in [5, 5.41) is 0. The molecule has 4 nitrogen and oxygen atoms in total. The summed E-state index contributed by atoms with van der Waals surface area (Å²) in [4.78, 5) is 2.55. The molecule has 1 aliphatic rings. The quantitative estimate of drug-likeness (QED) is 0.706. The van der Waals surface area contributed by atoms with E-state index >= 15 is 0 Å². The van der Waals surface area contributed by atoms with Crippen molar-refractivity contribution in [2.75, 3.05) is 32.7 Å². The van der Waals surface area contributed by atoms with Crippen LogP contribution in [0.25, 0.3) is 0 Å². The molecule has 21 heavy (non-hydrogen) atoms. The van der Waals surface area contributed by atoms with Crippen molar-refractivity contribution >= 4 is 0 Å². The minimum absolute atomic E-state index is 0.127. The average Bonchev–Trinajstić information content (AvgIpc) is 2.51. The molecule has 118 valence electrons. The van der Waals surface area contributed by atoms with Crippen molar-refractivity contribution in [3.63, 3.8) is 0 Å². The molecule has 2 rings (SSSR count). The number of hydrogen-bond donors (Lipinski definition) is 3. The van der Waals surface area contributed by atoms with Gasteiger partial charge in [-0.3, -0.25) is 4.90 Å². The molecule has 1 aliphatic heterocycles. The fourth-order valence-corrected chi connectivity index (χ4v) is 3.94. The highest BCUT2D eigenvalue weighted by Gasteiger charge is 2.40. The number of hydrogen-bond acceptors (Lipinski definition) is 4. The predicted octanol–water partition coefficient (Wildman–Crippen LogP) is 1.26. The van der Waals surface area contributed by atoms with Gasteiger partial charge in [0.2, 0.25) is 0 Å². The van der Waals surface area contributed by atoms with E-state index in [1.54, 1.807) is 0 Å². The highest BCUT2D eigenvalue weighted by atomic mass is 15.2. The van der Waals surface area contributed by atoms with E-state index in [1.807, 2.05) is 0 Å². The number of rotatable bonds is 7. The normalized spacial score (nSPS) is 22.3. The molecule has 0 radical (unpaired) electrons.